The normalized spacial score (nSPS) is 15.6. The first-order valence-electron chi connectivity index (χ1n) is 8.64. The summed E-state index contributed by atoms with van der Waals surface area (Å²) in [6.45, 7) is 7.36. The number of carboxylic acid groups (broad SMARTS) is 1. The summed E-state index contributed by atoms with van der Waals surface area (Å²) in [5, 5.41) is 9.28. The molecule has 2 rings (SSSR count). The first-order valence-corrected chi connectivity index (χ1v) is 9.01. The van der Waals surface area contributed by atoms with Gasteiger partial charge in [-0.15, -0.1) is 0 Å². The van der Waals surface area contributed by atoms with Crippen molar-refractivity contribution < 1.29 is 19.4 Å². The zero-order valence-corrected chi connectivity index (χ0v) is 16.2. The van der Waals surface area contributed by atoms with E-state index in [1.807, 2.05) is 26.0 Å². The highest BCUT2D eigenvalue weighted by Gasteiger charge is 2.26. The molecular formula is C20H23ClN2O4. The van der Waals surface area contributed by atoms with Crippen LogP contribution in [-0.4, -0.2) is 36.3 Å². The number of amides is 1. The fraction of sp³-hybridized carbons (Fsp3) is 0.350. The number of ether oxygens (including phenoxy) is 1. The van der Waals surface area contributed by atoms with E-state index in [0.717, 1.165) is 11.1 Å². The molecule has 1 aliphatic rings. The molecule has 0 aliphatic carbocycles. The third kappa shape index (κ3) is 5.44. The Balaban J connectivity index is 2.23. The Hall–Kier alpha value is -2.60. The van der Waals surface area contributed by atoms with Gasteiger partial charge in [-0.2, -0.15) is 0 Å². The van der Waals surface area contributed by atoms with Crippen molar-refractivity contribution in [3.63, 3.8) is 0 Å². The molecule has 0 aromatic heterocycles. The van der Waals surface area contributed by atoms with Gasteiger partial charge in [-0.1, -0.05) is 17.7 Å². The number of benzene rings is 1. The minimum atomic E-state index is -0.947. The molecule has 0 saturated heterocycles. The molecule has 0 saturated carbocycles. The Labute approximate surface area is 163 Å². The Morgan fingerprint density at radius 2 is 2.22 bits per heavy atom. The molecule has 1 N–H and O–H groups in total. The summed E-state index contributed by atoms with van der Waals surface area (Å²) in [5.74, 6) is -0.505. The monoisotopic (exact) mass is 390 g/mol. The van der Waals surface area contributed by atoms with Gasteiger partial charge >= 0.3 is 5.97 Å². The van der Waals surface area contributed by atoms with Crippen LogP contribution in [0.3, 0.4) is 0 Å². The van der Waals surface area contributed by atoms with Crippen molar-refractivity contribution in [3.8, 4) is 5.75 Å². The second-order valence-electron chi connectivity index (χ2n) is 6.30. The summed E-state index contributed by atoms with van der Waals surface area (Å²) in [5.41, 5.74) is 2.57. The van der Waals surface area contributed by atoms with Crippen LogP contribution in [0.5, 0.6) is 5.75 Å². The van der Waals surface area contributed by atoms with Gasteiger partial charge in [-0.3, -0.25) is 14.6 Å². The number of carbonyl (C=O) groups is 2. The number of nitrogens with zero attached hydrogens (tertiary/aromatic N) is 2. The molecule has 1 aromatic carbocycles. The molecule has 0 spiro atoms. The number of hydrogen-bond donors (Lipinski definition) is 1. The van der Waals surface area contributed by atoms with Crippen molar-refractivity contribution in [2.75, 3.05) is 11.4 Å². The van der Waals surface area contributed by atoms with Crippen LogP contribution in [0.4, 0.5) is 5.69 Å². The molecule has 1 atom stereocenters. The number of halogens is 1. The maximum absolute atomic E-state index is 12.2. The summed E-state index contributed by atoms with van der Waals surface area (Å²) < 4.78 is 5.99. The van der Waals surface area contributed by atoms with E-state index in [-0.39, 0.29) is 25.0 Å². The van der Waals surface area contributed by atoms with Crippen molar-refractivity contribution in [3.05, 3.63) is 46.6 Å². The van der Waals surface area contributed by atoms with E-state index in [1.165, 1.54) is 4.90 Å². The third-order valence-corrected chi connectivity index (χ3v) is 4.67. The van der Waals surface area contributed by atoms with Gasteiger partial charge in [0.05, 0.1) is 11.4 Å². The lowest BCUT2D eigenvalue weighted by atomic mass is 10.0. The first kappa shape index (κ1) is 20.7. The summed E-state index contributed by atoms with van der Waals surface area (Å²) in [6, 6.07) is 3.52. The number of aliphatic carboxylic acids is 1. The van der Waals surface area contributed by atoms with Gasteiger partial charge in [0.15, 0.2) is 0 Å². The highest BCUT2D eigenvalue weighted by atomic mass is 35.5. The molecule has 0 radical (unpaired) electrons. The van der Waals surface area contributed by atoms with E-state index in [2.05, 4.69) is 11.7 Å². The zero-order valence-electron chi connectivity index (χ0n) is 15.4. The minimum Gasteiger partial charge on any atom is -0.485 e. The Morgan fingerprint density at radius 1 is 1.48 bits per heavy atom. The molecule has 1 amide bonds. The smallest absolute Gasteiger partial charge is 0.305 e. The highest BCUT2D eigenvalue weighted by Crippen LogP contribution is 2.37. The fourth-order valence-corrected chi connectivity index (χ4v) is 2.97. The van der Waals surface area contributed by atoms with Crippen molar-refractivity contribution in [1.29, 1.82) is 0 Å². The zero-order chi connectivity index (χ0) is 20.0. The molecule has 27 heavy (non-hydrogen) atoms. The van der Waals surface area contributed by atoms with Gasteiger partial charge in [0.1, 0.15) is 11.9 Å². The van der Waals surface area contributed by atoms with E-state index in [4.69, 9.17) is 21.4 Å². The van der Waals surface area contributed by atoms with E-state index in [1.54, 1.807) is 18.3 Å². The summed E-state index contributed by atoms with van der Waals surface area (Å²) in [4.78, 5) is 28.2. The topological polar surface area (TPSA) is 79.2 Å². The predicted molar refractivity (Wildman–Crippen MR) is 107 cm³/mol. The quantitative estimate of drug-likeness (QED) is 0.537. The standard InChI is InChI=1S/C20H23ClN2O4/c1-13(5-4-9-22-3)14(2)27-18-11-15-6-7-19(24)23(10-8-20(25)26)17(15)12-16(18)21/h4-5,9,11-12,14H,3,6-8,10H2,1-2H3,(H,25,26)/b9-4-,13-5+/t14-/m1/s1. The summed E-state index contributed by atoms with van der Waals surface area (Å²) >= 11 is 6.38. The van der Waals surface area contributed by atoms with Gasteiger partial charge in [-0.25, -0.2) is 0 Å². The maximum Gasteiger partial charge on any atom is 0.305 e. The fourth-order valence-electron chi connectivity index (χ4n) is 2.76. The number of fused-ring (bicyclic) bond motifs is 1. The van der Waals surface area contributed by atoms with Crippen LogP contribution >= 0.6 is 11.6 Å². The molecule has 1 aliphatic heterocycles. The van der Waals surface area contributed by atoms with Gasteiger partial charge in [0, 0.05) is 24.9 Å². The van der Waals surface area contributed by atoms with Gasteiger partial charge in [0.25, 0.3) is 0 Å². The number of carboxylic acids is 1. The summed E-state index contributed by atoms with van der Waals surface area (Å²) in [6.07, 6.45) is 5.84. The lowest BCUT2D eigenvalue weighted by Gasteiger charge is -2.30. The van der Waals surface area contributed by atoms with Crippen LogP contribution in [0.2, 0.25) is 5.02 Å². The second-order valence-corrected chi connectivity index (χ2v) is 6.70. The molecule has 1 aromatic rings. The highest BCUT2D eigenvalue weighted by molar-refractivity contribution is 6.32. The van der Waals surface area contributed by atoms with E-state index < -0.39 is 5.97 Å². The van der Waals surface area contributed by atoms with Crippen LogP contribution in [0.1, 0.15) is 32.3 Å². The van der Waals surface area contributed by atoms with Gasteiger partial charge < -0.3 is 14.7 Å². The number of hydrogen-bond acceptors (Lipinski definition) is 4. The van der Waals surface area contributed by atoms with Crippen LogP contribution in [0, 0.1) is 0 Å². The van der Waals surface area contributed by atoms with Crippen LogP contribution in [0.25, 0.3) is 0 Å². The Kier molecular flexibility index (Phi) is 7.19. The number of allylic oxidation sites excluding steroid dienone is 2. The lowest BCUT2D eigenvalue weighted by Crippen LogP contribution is -2.36. The van der Waals surface area contributed by atoms with Crippen molar-refractivity contribution in [1.82, 2.24) is 0 Å². The average molecular weight is 391 g/mol. The van der Waals surface area contributed by atoms with E-state index in [0.29, 0.717) is 29.3 Å². The first-order chi connectivity index (χ1) is 12.8. The molecule has 6 nitrogen and oxygen atoms in total. The average Bonchev–Trinajstić information content (AvgIpc) is 2.61. The Bertz CT molecular complexity index is 801. The largest absolute Gasteiger partial charge is 0.485 e. The third-order valence-electron chi connectivity index (χ3n) is 4.38. The van der Waals surface area contributed by atoms with Crippen LogP contribution in [-0.2, 0) is 16.0 Å². The summed E-state index contributed by atoms with van der Waals surface area (Å²) in [7, 11) is 0. The number of aryl methyl sites for hydroxylation is 1. The van der Waals surface area contributed by atoms with E-state index in [9.17, 15) is 9.59 Å². The molecule has 0 fully saturated rings. The predicted octanol–water partition coefficient (Wildman–Crippen LogP) is 4.02. The number of aliphatic imine (C=N–C) groups is 1. The molecule has 1 heterocycles. The van der Waals surface area contributed by atoms with Gasteiger partial charge in [-0.05, 0) is 56.3 Å². The van der Waals surface area contributed by atoms with Crippen molar-refractivity contribution >= 4 is 35.9 Å². The van der Waals surface area contributed by atoms with Crippen LogP contribution < -0.4 is 9.64 Å². The van der Waals surface area contributed by atoms with Crippen molar-refractivity contribution in [2.24, 2.45) is 4.99 Å². The molecule has 144 valence electrons. The second kappa shape index (κ2) is 9.37. The van der Waals surface area contributed by atoms with Crippen molar-refractivity contribution in [2.45, 2.75) is 39.2 Å². The SMILES string of the molecule is C=N/C=C\C=C(/C)[C@@H](C)Oc1cc2c(cc1Cl)N(CCC(=O)O)C(=O)CC2. The number of rotatable bonds is 8. The number of carbonyl (C=O) groups excluding carboxylic acids is 1. The Morgan fingerprint density at radius 3 is 2.89 bits per heavy atom. The minimum absolute atomic E-state index is 0.0942. The molecule has 0 unspecified atom stereocenters. The lowest BCUT2D eigenvalue weighted by molar-refractivity contribution is -0.136. The number of anilines is 1. The maximum atomic E-state index is 12.2. The molecule has 7 heteroatoms. The molecular weight excluding hydrogens is 368 g/mol. The van der Waals surface area contributed by atoms with E-state index >= 15 is 0 Å². The van der Waals surface area contributed by atoms with Gasteiger partial charge in [0.2, 0.25) is 5.91 Å². The van der Waals surface area contributed by atoms with Crippen LogP contribution in [0.15, 0.2) is 41.1 Å². The molecule has 0 bridgehead atoms.